The van der Waals surface area contributed by atoms with Crippen molar-refractivity contribution in [2.24, 2.45) is 5.92 Å². The Labute approximate surface area is 48.4 Å². The molecule has 2 heterocycles. The first-order chi connectivity index (χ1) is 3.36. The van der Waals surface area contributed by atoms with Crippen molar-refractivity contribution in [1.82, 2.24) is 4.42 Å². The van der Waals surface area contributed by atoms with Crippen molar-refractivity contribution >= 4 is 11.8 Å². The van der Waals surface area contributed by atoms with Gasteiger partial charge in [-0.25, -0.2) is 4.42 Å². The highest BCUT2D eigenvalue weighted by atomic mass is 35.5. The van der Waals surface area contributed by atoms with E-state index in [4.69, 9.17) is 11.8 Å². The lowest BCUT2D eigenvalue weighted by Crippen LogP contribution is -2.22. The Bertz CT molecular complexity index is 88.1. The van der Waals surface area contributed by atoms with Gasteiger partial charge in [-0.3, -0.25) is 0 Å². The Morgan fingerprint density at radius 1 is 1.43 bits per heavy atom. The highest BCUT2D eigenvalue weighted by Gasteiger charge is 2.41. The zero-order valence-electron chi connectivity index (χ0n) is 4.10. The Morgan fingerprint density at radius 3 is 2.29 bits per heavy atom. The first-order valence-corrected chi connectivity index (χ1v) is 3.12. The molecule has 0 radical (unpaired) electrons. The third kappa shape index (κ3) is 0.428. The van der Waals surface area contributed by atoms with Crippen LogP contribution in [0.25, 0.3) is 0 Å². The summed E-state index contributed by atoms with van der Waals surface area (Å²) in [6.07, 6.45) is 2.73. The second-order valence-electron chi connectivity index (χ2n) is 2.57. The number of rotatable bonds is 0. The summed E-state index contributed by atoms with van der Waals surface area (Å²) in [7, 11) is 0. The molecule has 0 aromatic rings. The maximum Gasteiger partial charge on any atom is 0.0258 e. The summed E-state index contributed by atoms with van der Waals surface area (Å²) < 4.78 is 1.95. The molecule has 1 nitrogen and oxygen atoms in total. The normalized spacial score (nSPS) is 49.3. The van der Waals surface area contributed by atoms with Crippen LogP contribution in [0.4, 0.5) is 0 Å². The molecule has 40 valence electrons. The van der Waals surface area contributed by atoms with Gasteiger partial charge in [-0.2, -0.15) is 0 Å². The third-order valence-corrected chi connectivity index (χ3v) is 2.45. The summed E-state index contributed by atoms with van der Waals surface area (Å²) in [5.74, 6) is 0.961. The fourth-order valence-corrected chi connectivity index (χ4v) is 1.83. The smallest absolute Gasteiger partial charge is 0.0258 e. The number of hydrogen-bond donors (Lipinski definition) is 0. The number of nitrogens with zero attached hydrogens (tertiary/aromatic N) is 1. The first kappa shape index (κ1) is 4.16. The minimum atomic E-state index is 0.756. The molecule has 3 fully saturated rings. The summed E-state index contributed by atoms with van der Waals surface area (Å²) in [5.41, 5.74) is 0. The van der Waals surface area contributed by atoms with Crippen LogP contribution < -0.4 is 0 Å². The zero-order chi connectivity index (χ0) is 4.85. The van der Waals surface area contributed by atoms with Crippen LogP contribution in [-0.4, -0.2) is 17.0 Å². The van der Waals surface area contributed by atoms with Gasteiger partial charge in [0.05, 0.1) is 0 Å². The van der Waals surface area contributed by atoms with E-state index >= 15 is 0 Å². The summed E-state index contributed by atoms with van der Waals surface area (Å²) in [5, 5.41) is 0. The highest BCUT2D eigenvalue weighted by molar-refractivity contribution is 6.13. The van der Waals surface area contributed by atoms with Gasteiger partial charge in [0.25, 0.3) is 0 Å². The maximum absolute atomic E-state index is 5.74. The van der Waals surface area contributed by atoms with Gasteiger partial charge >= 0.3 is 0 Å². The molecule has 3 aliphatic rings. The van der Waals surface area contributed by atoms with E-state index in [9.17, 15) is 0 Å². The van der Waals surface area contributed by atoms with E-state index in [1.165, 1.54) is 12.8 Å². The monoisotopic (exact) mass is 117 g/mol. The van der Waals surface area contributed by atoms with Gasteiger partial charge in [0.1, 0.15) is 0 Å². The molecule has 7 heavy (non-hydrogen) atoms. The van der Waals surface area contributed by atoms with Gasteiger partial charge in [0.2, 0.25) is 0 Å². The van der Waals surface area contributed by atoms with Crippen molar-refractivity contribution in [2.75, 3.05) is 6.54 Å². The van der Waals surface area contributed by atoms with Crippen LogP contribution in [0.2, 0.25) is 0 Å². The molecule has 0 unspecified atom stereocenters. The van der Waals surface area contributed by atoms with Crippen molar-refractivity contribution in [1.29, 1.82) is 0 Å². The Hall–Kier alpha value is 0.250. The van der Waals surface area contributed by atoms with E-state index < -0.39 is 0 Å². The van der Waals surface area contributed by atoms with Gasteiger partial charge < -0.3 is 0 Å². The number of hydrogen-bond acceptors (Lipinski definition) is 1. The molecular weight excluding hydrogens is 110 g/mol. The van der Waals surface area contributed by atoms with Crippen molar-refractivity contribution in [3.63, 3.8) is 0 Å². The number of fused-ring (bicyclic) bond motifs is 1. The van der Waals surface area contributed by atoms with Crippen LogP contribution in [-0.2, 0) is 0 Å². The molecule has 2 aliphatic heterocycles. The molecule has 3 rings (SSSR count). The molecule has 0 spiro atoms. The average Bonchev–Trinajstić information content (AvgIpc) is 1.85. The predicted molar refractivity (Wildman–Crippen MR) is 29.1 cm³/mol. The first-order valence-electron chi connectivity index (χ1n) is 2.78. The summed E-state index contributed by atoms with van der Waals surface area (Å²) >= 11 is 5.74. The van der Waals surface area contributed by atoms with Crippen molar-refractivity contribution in [3.05, 3.63) is 0 Å². The van der Waals surface area contributed by atoms with E-state index in [2.05, 4.69) is 0 Å². The fourth-order valence-electron chi connectivity index (χ4n) is 1.47. The lowest BCUT2D eigenvalue weighted by molar-refractivity contribution is 0.334. The van der Waals surface area contributed by atoms with E-state index in [0.29, 0.717) is 0 Å². The Balaban J connectivity index is 2.13. The van der Waals surface area contributed by atoms with Crippen LogP contribution in [0.5, 0.6) is 0 Å². The molecule has 1 saturated carbocycles. The Kier molecular flexibility index (Phi) is 0.682. The summed E-state index contributed by atoms with van der Waals surface area (Å²) in [4.78, 5) is 0. The number of halogens is 1. The van der Waals surface area contributed by atoms with Crippen LogP contribution >= 0.6 is 11.8 Å². The molecule has 2 bridgehead atoms. The molecule has 0 atom stereocenters. The molecule has 1 aliphatic carbocycles. The third-order valence-electron chi connectivity index (χ3n) is 2.04. The SMILES string of the molecule is ClN1CC2CC1C2. The second-order valence-corrected chi connectivity index (χ2v) is 3.01. The van der Waals surface area contributed by atoms with Gasteiger partial charge in [-0.05, 0) is 30.5 Å². The molecule has 0 aromatic heterocycles. The van der Waals surface area contributed by atoms with Gasteiger partial charge in [-0.1, -0.05) is 0 Å². The van der Waals surface area contributed by atoms with Crippen LogP contribution in [0.15, 0.2) is 0 Å². The van der Waals surface area contributed by atoms with Crippen molar-refractivity contribution in [2.45, 2.75) is 18.9 Å². The summed E-state index contributed by atoms with van der Waals surface area (Å²) in [6, 6.07) is 0.756. The maximum atomic E-state index is 5.74. The quantitative estimate of drug-likeness (QED) is 0.432. The lowest BCUT2D eigenvalue weighted by Gasteiger charge is -2.21. The van der Waals surface area contributed by atoms with Crippen LogP contribution in [0, 0.1) is 5.92 Å². The molecule has 2 heteroatoms. The van der Waals surface area contributed by atoms with E-state index in [1.807, 2.05) is 4.42 Å². The molecule has 0 amide bonds. The largest absolute Gasteiger partial charge is 0.217 e. The average molecular weight is 118 g/mol. The lowest BCUT2D eigenvalue weighted by atomic mass is 9.87. The van der Waals surface area contributed by atoms with Crippen molar-refractivity contribution in [3.8, 4) is 0 Å². The van der Waals surface area contributed by atoms with Crippen LogP contribution in [0.1, 0.15) is 12.8 Å². The molecule has 0 aromatic carbocycles. The minimum Gasteiger partial charge on any atom is -0.217 e. The van der Waals surface area contributed by atoms with Crippen LogP contribution in [0.3, 0.4) is 0 Å². The Morgan fingerprint density at radius 2 is 2.14 bits per heavy atom. The minimum absolute atomic E-state index is 0.756. The second kappa shape index (κ2) is 1.15. The molecular formula is C5H8ClN. The topological polar surface area (TPSA) is 3.24 Å². The predicted octanol–water partition coefficient (Wildman–Crippen LogP) is 1.23. The fraction of sp³-hybridized carbons (Fsp3) is 1.00. The molecule has 0 N–H and O–H groups in total. The van der Waals surface area contributed by atoms with Crippen molar-refractivity contribution < 1.29 is 0 Å². The summed E-state index contributed by atoms with van der Waals surface area (Å²) in [6.45, 7) is 1.15. The standard InChI is InChI=1S/C5H8ClN/c6-7-3-4-1-5(7)2-4/h4-5H,1-3H2. The highest BCUT2D eigenvalue weighted by Crippen LogP contribution is 2.41. The van der Waals surface area contributed by atoms with Gasteiger partial charge in [0, 0.05) is 12.6 Å². The van der Waals surface area contributed by atoms with Gasteiger partial charge in [-0.15, -0.1) is 0 Å². The van der Waals surface area contributed by atoms with Gasteiger partial charge in [0.15, 0.2) is 0 Å². The molecule has 2 saturated heterocycles. The van der Waals surface area contributed by atoms with E-state index in [0.717, 1.165) is 18.5 Å². The zero-order valence-corrected chi connectivity index (χ0v) is 4.86. The van der Waals surface area contributed by atoms with E-state index in [-0.39, 0.29) is 0 Å². The van der Waals surface area contributed by atoms with E-state index in [1.54, 1.807) is 0 Å².